The molecule has 140 valence electrons. The van der Waals surface area contributed by atoms with E-state index in [2.05, 4.69) is 14.4 Å². The van der Waals surface area contributed by atoms with E-state index in [4.69, 9.17) is 4.52 Å². The van der Waals surface area contributed by atoms with Crippen LogP contribution in [-0.2, 0) is 11.3 Å². The van der Waals surface area contributed by atoms with E-state index in [0.29, 0.717) is 18.3 Å². The summed E-state index contributed by atoms with van der Waals surface area (Å²) < 4.78 is 7.66. The van der Waals surface area contributed by atoms with Crippen LogP contribution in [0.15, 0.2) is 4.52 Å². The van der Waals surface area contributed by atoms with E-state index in [-0.39, 0.29) is 12.3 Å². The molecule has 1 unspecified atom stereocenters. The largest absolute Gasteiger partial charge is 0.481 e. The molecular formula is C18H29N3O3S. The zero-order chi connectivity index (χ0) is 17.5. The zero-order valence-corrected chi connectivity index (χ0v) is 15.7. The molecule has 1 saturated heterocycles. The lowest BCUT2D eigenvalue weighted by Crippen LogP contribution is -2.12. The summed E-state index contributed by atoms with van der Waals surface area (Å²) >= 11 is 1.81. The Morgan fingerprint density at radius 3 is 2.88 bits per heavy atom. The lowest BCUT2D eigenvalue weighted by atomic mass is 9.84. The van der Waals surface area contributed by atoms with Crippen molar-refractivity contribution in [2.24, 2.45) is 5.92 Å². The number of hydrogen-bond donors (Lipinski definition) is 1. The average molecular weight is 368 g/mol. The first-order valence-corrected chi connectivity index (χ1v) is 10.6. The number of carboxylic acid groups (broad SMARTS) is 1. The zero-order valence-electron chi connectivity index (χ0n) is 14.9. The van der Waals surface area contributed by atoms with E-state index >= 15 is 0 Å². The van der Waals surface area contributed by atoms with Crippen molar-refractivity contribution in [3.8, 4) is 0 Å². The third-order valence-corrected chi connectivity index (χ3v) is 6.44. The highest BCUT2D eigenvalue weighted by Crippen LogP contribution is 2.31. The molecule has 0 aromatic carbocycles. The van der Waals surface area contributed by atoms with Gasteiger partial charge in [0, 0.05) is 18.2 Å². The number of rotatable bonds is 9. The molecule has 25 heavy (non-hydrogen) atoms. The van der Waals surface area contributed by atoms with Gasteiger partial charge in [-0.2, -0.15) is 4.98 Å². The van der Waals surface area contributed by atoms with Gasteiger partial charge in [-0.25, -0.2) is 4.31 Å². The van der Waals surface area contributed by atoms with E-state index in [9.17, 15) is 9.90 Å². The van der Waals surface area contributed by atoms with Crippen molar-refractivity contribution in [2.75, 3.05) is 12.3 Å². The van der Waals surface area contributed by atoms with Crippen molar-refractivity contribution in [1.29, 1.82) is 0 Å². The maximum Gasteiger partial charge on any atom is 0.304 e. The molecule has 1 aromatic rings. The summed E-state index contributed by atoms with van der Waals surface area (Å²) in [7, 11) is 0. The van der Waals surface area contributed by atoms with Gasteiger partial charge in [-0.1, -0.05) is 62.1 Å². The van der Waals surface area contributed by atoms with Crippen molar-refractivity contribution in [3.63, 3.8) is 0 Å². The van der Waals surface area contributed by atoms with E-state index in [1.165, 1.54) is 44.9 Å². The molecule has 0 spiro atoms. The molecule has 1 aromatic heterocycles. The Kier molecular flexibility index (Phi) is 7.16. The Labute approximate surface area is 153 Å². The summed E-state index contributed by atoms with van der Waals surface area (Å²) in [5.74, 6) is 2.20. The van der Waals surface area contributed by atoms with Crippen molar-refractivity contribution < 1.29 is 14.4 Å². The monoisotopic (exact) mass is 367 g/mol. The third kappa shape index (κ3) is 5.99. The summed E-state index contributed by atoms with van der Waals surface area (Å²) in [6.45, 7) is 1.73. The van der Waals surface area contributed by atoms with Crippen LogP contribution in [0.3, 0.4) is 0 Å². The summed E-state index contributed by atoms with van der Waals surface area (Å²) in [6.07, 6.45) is 11.1. The number of carbonyl (C=O) groups is 1. The molecule has 6 nitrogen and oxygen atoms in total. The van der Waals surface area contributed by atoms with E-state index in [0.717, 1.165) is 31.1 Å². The van der Waals surface area contributed by atoms with Gasteiger partial charge < -0.3 is 9.63 Å². The van der Waals surface area contributed by atoms with Gasteiger partial charge in [0.05, 0.1) is 13.0 Å². The minimum atomic E-state index is -0.794. The maximum absolute atomic E-state index is 11.2. The molecule has 0 bridgehead atoms. The molecule has 2 fully saturated rings. The number of nitrogens with zero attached hydrogens (tertiary/aromatic N) is 3. The SMILES string of the molecule is O=C(O)CC(CCCC1CCCCC1)c1nc(CN2CCCS2)no1. The smallest absolute Gasteiger partial charge is 0.304 e. The molecule has 1 saturated carbocycles. The van der Waals surface area contributed by atoms with Gasteiger partial charge in [0.2, 0.25) is 5.89 Å². The molecule has 3 rings (SSSR count). The van der Waals surface area contributed by atoms with Crippen molar-refractivity contribution in [3.05, 3.63) is 11.7 Å². The second kappa shape index (κ2) is 9.57. The van der Waals surface area contributed by atoms with Gasteiger partial charge in [-0.05, 0) is 18.8 Å². The highest BCUT2D eigenvalue weighted by molar-refractivity contribution is 7.97. The predicted octanol–water partition coefficient (Wildman–Crippen LogP) is 4.23. The van der Waals surface area contributed by atoms with E-state index in [1.54, 1.807) is 0 Å². The lowest BCUT2D eigenvalue weighted by molar-refractivity contribution is -0.137. The summed E-state index contributed by atoms with van der Waals surface area (Å²) in [6, 6.07) is 0. The van der Waals surface area contributed by atoms with E-state index < -0.39 is 5.97 Å². The average Bonchev–Trinajstić information content (AvgIpc) is 3.27. The lowest BCUT2D eigenvalue weighted by Gasteiger charge is -2.21. The minimum absolute atomic E-state index is 0.0742. The Morgan fingerprint density at radius 1 is 1.32 bits per heavy atom. The quantitative estimate of drug-likeness (QED) is 0.654. The molecule has 2 heterocycles. The second-order valence-electron chi connectivity index (χ2n) is 7.33. The van der Waals surface area contributed by atoms with Crippen LogP contribution in [0.2, 0.25) is 0 Å². The first-order valence-electron chi connectivity index (χ1n) is 9.63. The first kappa shape index (κ1) is 18.7. The number of aromatic nitrogens is 2. The molecule has 0 amide bonds. The molecule has 1 N–H and O–H groups in total. The Morgan fingerprint density at radius 2 is 2.16 bits per heavy atom. The van der Waals surface area contributed by atoms with Crippen molar-refractivity contribution in [2.45, 2.75) is 76.7 Å². The fourth-order valence-electron chi connectivity index (χ4n) is 3.93. The van der Waals surface area contributed by atoms with Crippen LogP contribution < -0.4 is 0 Å². The number of aliphatic carboxylic acids is 1. The molecule has 7 heteroatoms. The molecule has 0 radical (unpaired) electrons. The first-order chi connectivity index (χ1) is 12.2. The fourth-order valence-corrected chi connectivity index (χ4v) is 4.91. The van der Waals surface area contributed by atoms with Crippen LogP contribution in [0.4, 0.5) is 0 Å². The van der Waals surface area contributed by atoms with Gasteiger partial charge >= 0.3 is 5.97 Å². The van der Waals surface area contributed by atoms with Crippen LogP contribution in [0.5, 0.6) is 0 Å². The van der Waals surface area contributed by atoms with Gasteiger partial charge in [-0.3, -0.25) is 4.79 Å². The summed E-state index contributed by atoms with van der Waals surface area (Å²) in [5.41, 5.74) is 0. The Bertz CT molecular complexity index is 539. The van der Waals surface area contributed by atoms with Crippen LogP contribution in [0.25, 0.3) is 0 Å². The number of carboxylic acids is 1. The molecule has 2 aliphatic rings. The van der Waals surface area contributed by atoms with Gasteiger partial charge in [0.25, 0.3) is 0 Å². The Balaban J connectivity index is 1.52. The Hall–Kier alpha value is -1.08. The van der Waals surface area contributed by atoms with Crippen LogP contribution in [0, 0.1) is 5.92 Å². The van der Waals surface area contributed by atoms with Crippen LogP contribution >= 0.6 is 11.9 Å². The van der Waals surface area contributed by atoms with Gasteiger partial charge in [0.15, 0.2) is 5.82 Å². The predicted molar refractivity (Wildman–Crippen MR) is 97.2 cm³/mol. The molecule has 1 aliphatic heterocycles. The fraction of sp³-hybridized carbons (Fsp3) is 0.833. The minimum Gasteiger partial charge on any atom is -0.481 e. The summed E-state index contributed by atoms with van der Waals surface area (Å²) in [4.78, 5) is 15.7. The highest BCUT2D eigenvalue weighted by atomic mass is 32.2. The normalized spacial score (nSPS) is 20.8. The number of hydrogen-bond acceptors (Lipinski definition) is 6. The maximum atomic E-state index is 11.2. The van der Waals surface area contributed by atoms with Gasteiger partial charge in [-0.15, -0.1) is 0 Å². The molecule has 1 atom stereocenters. The second-order valence-corrected chi connectivity index (χ2v) is 8.51. The van der Waals surface area contributed by atoms with Crippen LogP contribution in [0.1, 0.15) is 81.8 Å². The van der Waals surface area contributed by atoms with Gasteiger partial charge in [0.1, 0.15) is 0 Å². The van der Waals surface area contributed by atoms with Crippen LogP contribution in [-0.4, -0.2) is 37.8 Å². The summed E-state index contributed by atoms with van der Waals surface area (Å²) in [5, 5.41) is 13.3. The van der Waals surface area contributed by atoms with Crippen molar-refractivity contribution in [1.82, 2.24) is 14.4 Å². The molecular weight excluding hydrogens is 338 g/mol. The highest BCUT2D eigenvalue weighted by Gasteiger charge is 2.24. The molecule has 1 aliphatic carbocycles. The standard InChI is InChI=1S/C18H29N3O3S/c22-17(23)12-15(9-4-8-14-6-2-1-3-7-14)18-19-16(20-24-18)13-21-10-5-11-25-21/h14-15H,1-13H2,(H,22,23). The topological polar surface area (TPSA) is 79.5 Å². The third-order valence-electron chi connectivity index (χ3n) is 5.29. The van der Waals surface area contributed by atoms with E-state index in [1.807, 2.05) is 11.9 Å². The van der Waals surface area contributed by atoms with Crippen molar-refractivity contribution >= 4 is 17.9 Å².